The van der Waals surface area contributed by atoms with Crippen LogP contribution in [0.3, 0.4) is 0 Å². The van der Waals surface area contributed by atoms with E-state index < -0.39 is 6.03 Å². The molecule has 3 rings (SSSR count). The first-order valence-corrected chi connectivity index (χ1v) is 8.82. The molecule has 0 saturated heterocycles. The molecule has 0 bridgehead atoms. The first-order valence-electron chi connectivity index (χ1n) is 7.69. The summed E-state index contributed by atoms with van der Waals surface area (Å²) in [6.45, 7) is 0.104. The van der Waals surface area contributed by atoms with Crippen LogP contribution in [0.4, 0.5) is 10.6 Å². The minimum absolute atomic E-state index is 0.104. The highest BCUT2D eigenvalue weighted by Gasteiger charge is 2.18. The molecule has 0 radical (unpaired) electrons. The van der Waals surface area contributed by atoms with E-state index in [1.165, 1.54) is 4.90 Å². The third-order valence-electron chi connectivity index (χ3n) is 3.80. The predicted octanol–water partition coefficient (Wildman–Crippen LogP) is 5.79. The van der Waals surface area contributed by atoms with E-state index in [1.54, 1.807) is 36.4 Å². The molecule has 0 aliphatic rings. The average molecular weight is 407 g/mol. The van der Waals surface area contributed by atoms with Gasteiger partial charge in [0.25, 0.3) is 0 Å². The Hall–Kier alpha value is -2.27. The topological polar surface area (TPSA) is 59.2 Å². The summed E-state index contributed by atoms with van der Waals surface area (Å²) in [5, 5.41) is 1.47. The van der Waals surface area contributed by atoms with E-state index in [9.17, 15) is 4.79 Å². The molecule has 26 heavy (non-hydrogen) atoms. The summed E-state index contributed by atoms with van der Waals surface area (Å²) in [5.41, 5.74) is 7.56. The van der Waals surface area contributed by atoms with Gasteiger partial charge in [-0.25, -0.2) is 9.78 Å². The number of carbonyl (C=O) groups is 1. The molecule has 0 unspecified atom stereocenters. The predicted molar refractivity (Wildman–Crippen MR) is 107 cm³/mol. The zero-order chi connectivity index (χ0) is 18.7. The van der Waals surface area contributed by atoms with Crippen LogP contribution >= 0.6 is 34.8 Å². The molecule has 0 atom stereocenters. The Morgan fingerprint density at radius 1 is 0.885 bits per heavy atom. The van der Waals surface area contributed by atoms with E-state index in [0.717, 1.165) is 5.56 Å². The van der Waals surface area contributed by atoms with Crippen LogP contribution in [-0.4, -0.2) is 11.0 Å². The van der Waals surface area contributed by atoms with Crippen LogP contribution in [0, 0.1) is 0 Å². The highest BCUT2D eigenvalue weighted by molar-refractivity contribution is 6.36. The Labute approximate surface area is 166 Å². The maximum Gasteiger partial charge on any atom is 0.320 e. The molecule has 0 saturated carbocycles. The zero-order valence-corrected chi connectivity index (χ0v) is 15.8. The fourth-order valence-corrected chi connectivity index (χ4v) is 3.26. The van der Waals surface area contributed by atoms with Crippen LogP contribution < -0.4 is 10.6 Å². The molecule has 2 aromatic carbocycles. The Morgan fingerprint density at radius 3 is 2.15 bits per heavy atom. The fourth-order valence-electron chi connectivity index (χ4n) is 2.51. The van der Waals surface area contributed by atoms with Gasteiger partial charge < -0.3 is 5.73 Å². The SMILES string of the molecule is NC(=O)N(Cc1c(Cl)cccc1Cl)c1cccc(-c2ccccc2Cl)n1. The summed E-state index contributed by atoms with van der Waals surface area (Å²) in [6, 6.07) is 17.1. The molecular formula is C19H14Cl3N3O. The molecule has 2 amide bonds. The quantitative estimate of drug-likeness (QED) is 0.595. The van der Waals surface area contributed by atoms with E-state index in [0.29, 0.717) is 32.1 Å². The van der Waals surface area contributed by atoms with Crippen molar-refractivity contribution in [2.45, 2.75) is 6.54 Å². The smallest absolute Gasteiger partial charge is 0.320 e. The number of anilines is 1. The van der Waals surface area contributed by atoms with Gasteiger partial charge in [0.05, 0.1) is 12.2 Å². The van der Waals surface area contributed by atoms with Crippen molar-refractivity contribution < 1.29 is 4.79 Å². The number of benzene rings is 2. The number of carbonyl (C=O) groups excluding carboxylic acids is 1. The molecule has 0 aliphatic carbocycles. The Balaban J connectivity index is 2.01. The Bertz CT molecular complexity index is 942. The van der Waals surface area contributed by atoms with Gasteiger partial charge in [-0.15, -0.1) is 0 Å². The highest BCUT2D eigenvalue weighted by atomic mass is 35.5. The second-order valence-corrected chi connectivity index (χ2v) is 6.71. The van der Waals surface area contributed by atoms with Crippen molar-refractivity contribution in [2.75, 3.05) is 4.90 Å². The minimum Gasteiger partial charge on any atom is -0.351 e. The second-order valence-electron chi connectivity index (χ2n) is 5.49. The van der Waals surface area contributed by atoms with Crippen LogP contribution in [0.2, 0.25) is 15.1 Å². The number of halogens is 3. The molecule has 0 fully saturated rings. The number of amides is 2. The third-order valence-corrected chi connectivity index (χ3v) is 4.84. The first-order chi connectivity index (χ1) is 12.5. The molecule has 1 heterocycles. The number of nitrogens with zero attached hydrogens (tertiary/aromatic N) is 2. The van der Waals surface area contributed by atoms with E-state index in [2.05, 4.69) is 4.98 Å². The van der Waals surface area contributed by atoms with Crippen LogP contribution in [0.25, 0.3) is 11.3 Å². The molecule has 2 N–H and O–H groups in total. The number of rotatable bonds is 4. The molecule has 0 aliphatic heterocycles. The Kier molecular flexibility index (Phi) is 5.67. The van der Waals surface area contributed by atoms with Crippen molar-refractivity contribution >= 4 is 46.7 Å². The zero-order valence-electron chi connectivity index (χ0n) is 13.5. The van der Waals surface area contributed by atoms with E-state index in [1.807, 2.05) is 24.3 Å². The summed E-state index contributed by atoms with van der Waals surface area (Å²) >= 11 is 18.7. The lowest BCUT2D eigenvalue weighted by atomic mass is 10.1. The van der Waals surface area contributed by atoms with Gasteiger partial charge in [0, 0.05) is 26.2 Å². The van der Waals surface area contributed by atoms with Crippen LogP contribution in [-0.2, 0) is 6.54 Å². The number of urea groups is 1. The second kappa shape index (κ2) is 7.96. The van der Waals surface area contributed by atoms with Crippen molar-refractivity contribution in [2.24, 2.45) is 5.73 Å². The lowest BCUT2D eigenvalue weighted by molar-refractivity contribution is 0.253. The van der Waals surface area contributed by atoms with Crippen molar-refractivity contribution in [3.05, 3.63) is 81.3 Å². The molecule has 7 heteroatoms. The van der Waals surface area contributed by atoms with Gasteiger partial charge in [0.2, 0.25) is 0 Å². The third kappa shape index (κ3) is 3.93. The summed E-state index contributed by atoms with van der Waals surface area (Å²) in [6.07, 6.45) is 0. The summed E-state index contributed by atoms with van der Waals surface area (Å²) < 4.78 is 0. The number of nitrogens with two attached hydrogens (primary N) is 1. The highest BCUT2D eigenvalue weighted by Crippen LogP contribution is 2.30. The molecule has 0 spiro atoms. The van der Waals surface area contributed by atoms with Gasteiger partial charge in [-0.05, 0) is 30.3 Å². The van der Waals surface area contributed by atoms with Gasteiger partial charge in [-0.2, -0.15) is 0 Å². The van der Waals surface area contributed by atoms with Crippen molar-refractivity contribution in [3.63, 3.8) is 0 Å². The number of aromatic nitrogens is 1. The molecule has 132 valence electrons. The van der Waals surface area contributed by atoms with Gasteiger partial charge in [-0.3, -0.25) is 4.90 Å². The van der Waals surface area contributed by atoms with Crippen LogP contribution in [0.5, 0.6) is 0 Å². The first kappa shape index (κ1) is 18.5. The lowest BCUT2D eigenvalue weighted by Gasteiger charge is -2.21. The summed E-state index contributed by atoms with van der Waals surface area (Å²) in [7, 11) is 0. The van der Waals surface area contributed by atoms with Gasteiger partial charge >= 0.3 is 6.03 Å². The van der Waals surface area contributed by atoms with E-state index >= 15 is 0 Å². The lowest BCUT2D eigenvalue weighted by Crippen LogP contribution is -2.36. The average Bonchev–Trinajstić information content (AvgIpc) is 2.61. The summed E-state index contributed by atoms with van der Waals surface area (Å²) in [5.74, 6) is 0.380. The van der Waals surface area contributed by atoms with E-state index in [4.69, 9.17) is 40.5 Å². The maximum atomic E-state index is 12.0. The largest absolute Gasteiger partial charge is 0.351 e. The van der Waals surface area contributed by atoms with Crippen molar-refractivity contribution in [1.29, 1.82) is 0 Å². The fraction of sp³-hybridized carbons (Fsp3) is 0.0526. The number of hydrogen-bond acceptors (Lipinski definition) is 2. The minimum atomic E-state index is -0.662. The van der Waals surface area contributed by atoms with Crippen LogP contribution in [0.15, 0.2) is 60.7 Å². The molecule has 1 aromatic heterocycles. The van der Waals surface area contributed by atoms with Gasteiger partial charge in [-0.1, -0.05) is 65.1 Å². The number of primary amides is 1. The van der Waals surface area contributed by atoms with Crippen molar-refractivity contribution in [3.8, 4) is 11.3 Å². The molecular weight excluding hydrogens is 393 g/mol. The van der Waals surface area contributed by atoms with Crippen LogP contribution in [0.1, 0.15) is 5.56 Å². The monoisotopic (exact) mass is 405 g/mol. The summed E-state index contributed by atoms with van der Waals surface area (Å²) in [4.78, 5) is 17.9. The maximum absolute atomic E-state index is 12.0. The standard InChI is InChI=1S/C19H14Cl3N3O/c20-14-6-2-1-5-12(14)17-9-4-10-18(24-17)25(19(23)26)11-13-15(21)7-3-8-16(13)22/h1-10H,11H2,(H2,23,26). The molecule has 3 aromatic rings. The van der Waals surface area contributed by atoms with E-state index in [-0.39, 0.29) is 6.54 Å². The Morgan fingerprint density at radius 2 is 1.50 bits per heavy atom. The number of hydrogen-bond donors (Lipinski definition) is 1. The molecule has 4 nitrogen and oxygen atoms in total. The van der Waals surface area contributed by atoms with Gasteiger partial charge in [0.15, 0.2) is 0 Å². The number of pyridine rings is 1. The van der Waals surface area contributed by atoms with Gasteiger partial charge in [0.1, 0.15) is 5.82 Å². The van der Waals surface area contributed by atoms with Crippen molar-refractivity contribution in [1.82, 2.24) is 4.98 Å². The normalized spacial score (nSPS) is 10.6.